The summed E-state index contributed by atoms with van der Waals surface area (Å²) in [5.74, 6) is 1.12. The number of aromatic nitrogens is 2. The molecular formula is C14H16ClN3. The van der Waals surface area contributed by atoms with Gasteiger partial charge in [-0.3, -0.25) is 0 Å². The van der Waals surface area contributed by atoms with Crippen LogP contribution in [0.5, 0.6) is 0 Å². The molecule has 2 aromatic rings. The van der Waals surface area contributed by atoms with E-state index in [1.807, 2.05) is 24.3 Å². The second kappa shape index (κ2) is 4.75. The van der Waals surface area contributed by atoms with Crippen LogP contribution in [0, 0.1) is 0 Å². The molecule has 3 nitrogen and oxygen atoms in total. The topological polar surface area (TPSA) is 43.8 Å². The highest BCUT2D eigenvalue weighted by Crippen LogP contribution is 2.22. The third kappa shape index (κ3) is 2.28. The molecular weight excluding hydrogens is 246 g/mol. The highest BCUT2D eigenvalue weighted by Gasteiger charge is 2.18. The Morgan fingerprint density at radius 2 is 2.11 bits per heavy atom. The highest BCUT2D eigenvalue weighted by atomic mass is 35.5. The summed E-state index contributed by atoms with van der Waals surface area (Å²) in [7, 11) is 0. The Balaban J connectivity index is 1.83. The van der Waals surface area contributed by atoms with Crippen LogP contribution in [-0.2, 0) is 12.8 Å². The van der Waals surface area contributed by atoms with E-state index in [9.17, 15) is 0 Å². The summed E-state index contributed by atoms with van der Waals surface area (Å²) in [6.07, 6.45) is 6.24. The Labute approximate surface area is 112 Å². The molecule has 1 aromatic carbocycles. The van der Waals surface area contributed by atoms with Gasteiger partial charge >= 0.3 is 0 Å². The number of nitrogens with two attached hydrogens (primary N) is 1. The van der Waals surface area contributed by atoms with E-state index in [1.54, 1.807) is 0 Å². The van der Waals surface area contributed by atoms with Crippen LogP contribution in [0.4, 0.5) is 0 Å². The van der Waals surface area contributed by atoms with E-state index in [4.69, 9.17) is 17.3 Å². The van der Waals surface area contributed by atoms with Crippen molar-refractivity contribution in [2.75, 3.05) is 0 Å². The molecule has 0 aliphatic carbocycles. The fraction of sp³-hybridized carbons (Fsp3) is 0.357. The lowest BCUT2D eigenvalue weighted by molar-refractivity contribution is 0.408. The van der Waals surface area contributed by atoms with Gasteiger partial charge in [0.2, 0.25) is 0 Å². The maximum absolute atomic E-state index is 6.08. The summed E-state index contributed by atoms with van der Waals surface area (Å²) >= 11 is 5.88. The van der Waals surface area contributed by atoms with Crippen molar-refractivity contribution in [3.05, 3.63) is 52.6 Å². The van der Waals surface area contributed by atoms with Crippen molar-refractivity contribution in [3.63, 3.8) is 0 Å². The average molecular weight is 262 g/mol. The molecule has 1 aliphatic heterocycles. The van der Waals surface area contributed by atoms with E-state index in [0.29, 0.717) is 0 Å². The van der Waals surface area contributed by atoms with E-state index in [0.717, 1.165) is 42.2 Å². The Morgan fingerprint density at radius 3 is 2.83 bits per heavy atom. The zero-order chi connectivity index (χ0) is 12.5. The SMILES string of the molecule is NC1CCCc2nc(Cc3ccc(Cl)cc3)cn21. The van der Waals surface area contributed by atoms with Gasteiger partial charge in [0.25, 0.3) is 0 Å². The fourth-order valence-corrected chi connectivity index (χ4v) is 2.59. The van der Waals surface area contributed by atoms with Gasteiger partial charge in [0, 0.05) is 24.1 Å². The van der Waals surface area contributed by atoms with Gasteiger partial charge in [0.1, 0.15) is 5.82 Å². The molecule has 0 fully saturated rings. The standard InChI is InChI=1S/C14H16ClN3/c15-11-6-4-10(5-7-11)8-12-9-18-13(16)2-1-3-14(18)17-12/h4-7,9,13H,1-3,8,16H2. The second-order valence-corrected chi connectivity index (χ2v) is 5.25. The monoisotopic (exact) mass is 261 g/mol. The normalized spacial score (nSPS) is 18.7. The molecule has 0 saturated heterocycles. The number of nitrogens with zero attached hydrogens (tertiary/aromatic N) is 2. The predicted molar refractivity (Wildman–Crippen MR) is 72.6 cm³/mol. The number of imidazole rings is 1. The lowest BCUT2D eigenvalue weighted by Crippen LogP contribution is -2.24. The van der Waals surface area contributed by atoms with E-state index in [-0.39, 0.29) is 6.17 Å². The summed E-state index contributed by atoms with van der Waals surface area (Å²) < 4.78 is 2.12. The second-order valence-electron chi connectivity index (χ2n) is 4.82. The number of fused-ring (bicyclic) bond motifs is 1. The van der Waals surface area contributed by atoms with Crippen molar-refractivity contribution in [1.82, 2.24) is 9.55 Å². The quantitative estimate of drug-likeness (QED) is 0.903. The maximum atomic E-state index is 6.08. The van der Waals surface area contributed by atoms with Crippen molar-refractivity contribution in [2.45, 2.75) is 31.8 Å². The maximum Gasteiger partial charge on any atom is 0.110 e. The first-order chi connectivity index (χ1) is 8.72. The number of benzene rings is 1. The smallest absolute Gasteiger partial charge is 0.110 e. The zero-order valence-corrected chi connectivity index (χ0v) is 10.9. The number of hydrogen-bond donors (Lipinski definition) is 1. The summed E-state index contributed by atoms with van der Waals surface area (Å²) in [6, 6.07) is 7.92. The number of rotatable bonds is 2. The van der Waals surface area contributed by atoms with Gasteiger partial charge < -0.3 is 10.3 Å². The van der Waals surface area contributed by atoms with Crippen molar-refractivity contribution in [3.8, 4) is 0 Å². The minimum atomic E-state index is 0.0974. The number of aryl methyl sites for hydroxylation is 1. The van der Waals surface area contributed by atoms with Crippen LogP contribution in [0.2, 0.25) is 5.02 Å². The van der Waals surface area contributed by atoms with Gasteiger partial charge in [-0.2, -0.15) is 0 Å². The zero-order valence-electron chi connectivity index (χ0n) is 10.1. The van der Waals surface area contributed by atoms with Crippen molar-refractivity contribution in [1.29, 1.82) is 0 Å². The molecule has 1 aliphatic rings. The molecule has 0 bridgehead atoms. The average Bonchev–Trinajstić information content (AvgIpc) is 2.76. The molecule has 0 saturated carbocycles. The first-order valence-corrected chi connectivity index (χ1v) is 6.67. The van der Waals surface area contributed by atoms with Crippen LogP contribution in [0.15, 0.2) is 30.5 Å². The first kappa shape index (κ1) is 11.8. The lowest BCUT2D eigenvalue weighted by atomic mass is 10.1. The molecule has 0 amide bonds. The van der Waals surface area contributed by atoms with Crippen LogP contribution >= 0.6 is 11.6 Å². The van der Waals surface area contributed by atoms with Crippen LogP contribution in [0.1, 0.15) is 36.1 Å². The van der Waals surface area contributed by atoms with Gasteiger partial charge in [-0.15, -0.1) is 0 Å². The minimum absolute atomic E-state index is 0.0974. The molecule has 0 spiro atoms. The highest BCUT2D eigenvalue weighted by molar-refractivity contribution is 6.30. The first-order valence-electron chi connectivity index (χ1n) is 6.29. The Hall–Kier alpha value is -1.32. The summed E-state index contributed by atoms with van der Waals surface area (Å²) in [5, 5.41) is 0.768. The minimum Gasteiger partial charge on any atom is -0.319 e. The third-order valence-electron chi connectivity index (χ3n) is 3.41. The summed E-state index contributed by atoms with van der Waals surface area (Å²) in [4.78, 5) is 4.67. The molecule has 94 valence electrons. The van der Waals surface area contributed by atoms with Gasteiger partial charge in [-0.1, -0.05) is 23.7 Å². The van der Waals surface area contributed by atoms with Crippen LogP contribution in [-0.4, -0.2) is 9.55 Å². The van der Waals surface area contributed by atoms with E-state index < -0.39 is 0 Å². The predicted octanol–water partition coefficient (Wildman–Crippen LogP) is 2.92. The van der Waals surface area contributed by atoms with Gasteiger partial charge in [-0.05, 0) is 30.5 Å². The molecule has 2 N–H and O–H groups in total. The lowest BCUT2D eigenvalue weighted by Gasteiger charge is -2.20. The Kier molecular flexibility index (Phi) is 3.10. The number of hydrogen-bond acceptors (Lipinski definition) is 2. The summed E-state index contributed by atoms with van der Waals surface area (Å²) in [5.41, 5.74) is 8.39. The summed E-state index contributed by atoms with van der Waals surface area (Å²) in [6.45, 7) is 0. The Bertz CT molecular complexity index is 545. The number of halogens is 1. The van der Waals surface area contributed by atoms with E-state index in [2.05, 4.69) is 15.7 Å². The van der Waals surface area contributed by atoms with Gasteiger partial charge in [-0.25, -0.2) is 4.98 Å². The molecule has 1 atom stereocenters. The van der Waals surface area contributed by atoms with Crippen LogP contribution in [0.25, 0.3) is 0 Å². The third-order valence-corrected chi connectivity index (χ3v) is 3.67. The molecule has 3 rings (SSSR count). The van der Waals surface area contributed by atoms with Crippen molar-refractivity contribution >= 4 is 11.6 Å². The molecule has 2 heterocycles. The fourth-order valence-electron chi connectivity index (χ4n) is 2.46. The van der Waals surface area contributed by atoms with Gasteiger partial charge in [0.05, 0.1) is 11.9 Å². The largest absolute Gasteiger partial charge is 0.319 e. The molecule has 1 unspecified atom stereocenters. The molecule has 1 aromatic heterocycles. The van der Waals surface area contributed by atoms with Crippen molar-refractivity contribution < 1.29 is 0 Å². The van der Waals surface area contributed by atoms with E-state index >= 15 is 0 Å². The molecule has 0 radical (unpaired) electrons. The Morgan fingerprint density at radius 1 is 1.33 bits per heavy atom. The van der Waals surface area contributed by atoms with E-state index in [1.165, 1.54) is 5.56 Å². The van der Waals surface area contributed by atoms with Crippen LogP contribution in [0.3, 0.4) is 0 Å². The van der Waals surface area contributed by atoms with Crippen molar-refractivity contribution in [2.24, 2.45) is 5.73 Å². The molecule has 18 heavy (non-hydrogen) atoms. The van der Waals surface area contributed by atoms with Crippen LogP contribution < -0.4 is 5.73 Å². The molecule has 4 heteroatoms. The van der Waals surface area contributed by atoms with Gasteiger partial charge in [0.15, 0.2) is 0 Å².